The number of ether oxygens (including phenoxy) is 1. The van der Waals surface area contributed by atoms with Crippen molar-refractivity contribution < 1.29 is 14.3 Å². The number of unbranched alkanes of at least 4 members (excludes halogenated alkanes) is 1. The lowest BCUT2D eigenvalue weighted by atomic mass is 10.3. The number of amides is 2. The number of nitrogens with one attached hydrogen (secondary N) is 1. The predicted octanol–water partition coefficient (Wildman–Crippen LogP) is 2.65. The second-order valence-corrected chi connectivity index (χ2v) is 5.87. The number of rotatable bonds is 7. The van der Waals surface area contributed by atoms with Crippen LogP contribution in [0, 0.1) is 0 Å². The van der Waals surface area contributed by atoms with Crippen LogP contribution in [0.4, 0.5) is 4.79 Å². The van der Waals surface area contributed by atoms with Gasteiger partial charge in [-0.05, 0) is 20.3 Å². The molecule has 0 spiro atoms. The van der Waals surface area contributed by atoms with Crippen LogP contribution in [0.3, 0.4) is 0 Å². The SMILES string of the molecule is CCCCNC(=O)N(Cc1nc(C(=O)OC)cs1)C(C)C. The molecule has 1 heterocycles. The van der Waals surface area contributed by atoms with Crippen molar-refractivity contribution in [3.63, 3.8) is 0 Å². The molecule has 0 bridgehead atoms. The lowest BCUT2D eigenvalue weighted by Crippen LogP contribution is -2.43. The summed E-state index contributed by atoms with van der Waals surface area (Å²) in [5.41, 5.74) is 0.285. The molecule has 2 amide bonds. The first-order valence-electron chi connectivity index (χ1n) is 7.06. The summed E-state index contributed by atoms with van der Waals surface area (Å²) in [4.78, 5) is 29.5. The van der Waals surface area contributed by atoms with Crippen LogP contribution in [0.15, 0.2) is 5.38 Å². The van der Waals surface area contributed by atoms with Crippen molar-refractivity contribution in [3.8, 4) is 0 Å². The molecule has 6 nitrogen and oxygen atoms in total. The molecular weight excluding hydrogens is 290 g/mol. The van der Waals surface area contributed by atoms with E-state index in [1.807, 2.05) is 13.8 Å². The van der Waals surface area contributed by atoms with Crippen molar-refractivity contribution in [2.45, 2.75) is 46.2 Å². The molecule has 118 valence electrons. The third kappa shape index (κ3) is 5.34. The first kappa shape index (κ1) is 17.4. The molecule has 1 aromatic rings. The molecule has 0 radical (unpaired) electrons. The standard InChI is InChI=1S/C14H23N3O3S/c1-5-6-7-15-14(19)17(10(2)3)8-12-16-11(9-21-12)13(18)20-4/h9-10H,5-8H2,1-4H3,(H,15,19). The Labute approximate surface area is 129 Å². The minimum Gasteiger partial charge on any atom is -0.464 e. The van der Waals surface area contributed by atoms with Crippen LogP contribution in [-0.4, -0.2) is 41.6 Å². The van der Waals surface area contributed by atoms with E-state index in [-0.39, 0.29) is 17.8 Å². The number of hydrogen-bond donors (Lipinski definition) is 1. The molecule has 1 aromatic heterocycles. The van der Waals surface area contributed by atoms with Crippen LogP contribution in [-0.2, 0) is 11.3 Å². The van der Waals surface area contributed by atoms with E-state index in [2.05, 4.69) is 22.0 Å². The lowest BCUT2D eigenvalue weighted by molar-refractivity contribution is 0.0594. The number of hydrogen-bond acceptors (Lipinski definition) is 5. The van der Waals surface area contributed by atoms with Crippen LogP contribution in [0.2, 0.25) is 0 Å². The maximum Gasteiger partial charge on any atom is 0.357 e. The van der Waals surface area contributed by atoms with Gasteiger partial charge in [0.25, 0.3) is 0 Å². The molecule has 21 heavy (non-hydrogen) atoms. The number of methoxy groups -OCH3 is 1. The van der Waals surface area contributed by atoms with Crippen molar-refractivity contribution in [1.29, 1.82) is 0 Å². The van der Waals surface area contributed by atoms with Crippen molar-refractivity contribution in [1.82, 2.24) is 15.2 Å². The molecule has 0 atom stereocenters. The summed E-state index contributed by atoms with van der Waals surface area (Å²) in [6.07, 6.45) is 2.00. The number of aromatic nitrogens is 1. The number of carbonyl (C=O) groups excluding carboxylic acids is 2. The average molecular weight is 313 g/mol. The second-order valence-electron chi connectivity index (χ2n) is 4.93. The fourth-order valence-corrected chi connectivity index (χ4v) is 2.45. The molecule has 1 rings (SSSR count). The van der Waals surface area contributed by atoms with Crippen LogP contribution >= 0.6 is 11.3 Å². The van der Waals surface area contributed by atoms with Crippen LogP contribution in [0.1, 0.15) is 49.1 Å². The molecule has 1 N–H and O–H groups in total. The van der Waals surface area contributed by atoms with Crippen molar-refractivity contribution in [2.24, 2.45) is 0 Å². The lowest BCUT2D eigenvalue weighted by Gasteiger charge is -2.26. The van der Waals surface area contributed by atoms with Gasteiger partial charge in [0.2, 0.25) is 0 Å². The van der Waals surface area contributed by atoms with E-state index in [0.29, 0.717) is 13.1 Å². The van der Waals surface area contributed by atoms with Gasteiger partial charge in [-0.1, -0.05) is 13.3 Å². The van der Waals surface area contributed by atoms with E-state index in [1.165, 1.54) is 18.4 Å². The summed E-state index contributed by atoms with van der Waals surface area (Å²) in [7, 11) is 1.32. The quantitative estimate of drug-likeness (QED) is 0.620. The summed E-state index contributed by atoms with van der Waals surface area (Å²) in [5, 5.41) is 5.26. The fourth-order valence-electron chi connectivity index (χ4n) is 1.69. The third-order valence-corrected chi connectivity index (χ3v) is 3.78. The summed E-state index contributed by atoms with van der Waals surface area (Å²) in [5.74, 6) is -0.457. The van der Waals surface area contributed by atoms with Gasteiger partial charge in [0.15, 0.2) is 5.69 Å². The summed E-state index contributed by atoms with van der Waals surface area (Å²) in [6, 6.07) is -0.0506. The van der Waals surface area contributed by atoms with E-state index in [1.54, 1.807) is 10.3 Å². The molecule has 0 saturated heterocycles. The number of esters is 1. The Morgan fingerprint density at radius 3 is 2.76 bits per heavy atom. The number of thiazole rings is 1. The Hall–Kier alpha value is -1.63. The Bertz CT molecular complexity index is 474. The van der Waals surface area contributed by atoms with Crippen LogP contribution in [0.25, 0.3) is 0 Å². The zero-order chi connectivity index (χ0) is 15.8. The van der Waals surface area contributed by atoms with Crippen molar-refractivity contribution in [2.75, 3.05) is 13.7 Å². The van der Waals surface area contributed by atoms with Gasteiger partial charge in [-0.3, -0.25) is 0 Å². The first-order chi connectivity index (χ1) is 9.99. The minimum atomic E-state index is -0.457. The van der Waals surface area contributed by atoms with E-state index < -0.39 is 5.97 Å². The zero-order valence-electron chi connectivity index (χ0n) is 13.0. The largest absolute Gasteiger partial charge is 0.464 e. The van der Waals surface area contributed by atoms with Gasteiger partial charge in [0.05, 0.1) is 13.7 Å². The van der Waals surface area contributed by atoms with Gasteiger partial charge in [0.1, 0.15) is 5.01 Å². The minimum absolute atomic E-state index is 0.0529. The summed E-state index contributed by atoms with van der Waals surface area (Å²) in [6.45, 7) is 7.04. The number of carbonyl (C=O) groups is 2. The Morgan fingerprint density at radius 2 is 2.19 bits per heavy atom. The summed E-state index contributed by atoms with van der Waals surface area (Å²) >= 11 is 1.35. The average Bonchev–Trinajstić information content (AvgIpc) is 2.92. The second kappa shape index (κ2) is 8.61. The van der Waals surface area contributed by atoms with E-state index in [4.69, 9.17) is 0 Å². The molecular formula is C14H23N3O3S. The molecule has 0 aliphatic carbocycles. The van der Waals surface area contributed by atoms with Crippen molar-refractivity contribution in [3.05, 3.63) is 16.1 Å². The van der Waals surface area contributed by atoms with Gasteiger partial charge in [-0.25, -0.2) is 14.6 Å². The normalized spacial score (nSPS) is 10.5. The molecule has 0 fully saturated rings. The van der Waals surface area contributed by atoms with Gasteiger partial charge >= 0.3 is 12.0 Å². The molecule has 0 unspecified atom stereocenters. The van der Waals surface area contributed by atoms with Crippen molar-refractivity contribution >= 4 is 23.3 Å². The monoisotopic (exact) mass is 313 g/mol. The molecule has 0 saturated carbocycles. The Kier molecular flexibility index (Phi) is 7.14. The van der Waals surface area contributed by atoms with Crippen LogP contribution in [0.5, 0.6) is 0 Å². The maximum absolute atomic E-state index is 12.2. The Morgan fingerprint density at radius 1 is 1.48 bits per heavy atom. The highest BCUT2D eigenvalue weighted by Crippen LogP contribution is 2.15. The molecule has 0 aromatic carbocycles. The first-order valence-corrected chi connectivity index (χ1v) is 7.94. The fraction of sp³-hybridized carbons (Fsp3) is 0.643. The van der Waals surface area contributed by atoms with Gasteiger partial charge in [0, 0.05) is 18.0 Å². The molecule has 7 heteroatoms. The maximum atomic E-state index is 12.2. The smallest absolute Gasteiger partial charge is 0.357 e. The van der Waals surface area contributed by atoms with E-state index in [9.17, 15) is 9.59 Å². The van der Waals surface area contributed by atoms with Gasteiger partial charge < -0.3 is 15.0 Å². The van der Waals surface area contributed by atoms with Gasteiger partial charge in [-0.2, -0.15) is 0 Å². The topological polar surface area (TPSA) is 71.5 Å². The third-order valence-electron chi connectivity index (χ3n) is 2.94. The van der Waals surface area contributed by atoms with E-state index >= 15 is 0 Å². The highest BCUT2D eigenvalue weighted by molar-refractivity contribution is 7.09. The summed E-state index contributed by atoms with van der Waals surface area (Å²) < 4.78 is 4.63. The Balaban J connectivity index is 2.67. The highest BCUT2D eigenvalue weighted by atomic mass is 32.1. The number of urea groups is 1. The van der Waals surface area contributed by atoms with Crippen LogP contribution < -0.4 is 5.32 Å². The highest BCUT2D eigenvalue weighted by Gasteiger charge is 2.19. The van der Waals surface area contributed by atoms with E-state index in [0.717, 1.165) is 17.8 Å². The van der Waals surface area contributed by atoms with Gasteiger partial charge in [-0.15, -0.1) is 11.3 Å². The molecule has 0 aliphatic heterocycles. The number of nitrogens with zero attached hydrogens (tertiary/aromatic N) is 2. The predicted molar refractivity (Wildman–Crippen MR) is 82.4 cm³/mol. The zero-order valence-corrected chi connectivity index (χ0v) is 13.8. The molecule has 0 aliphatic rings.